The van der Waals surface area contributed by atoms with Gasteiger partial charge < -0.3 is 14.5 Å². The van der Waals surface area contributed by atoms with Crippen LogP contribution in [0.2, 0.25) is 0 Å². The molecule has 0 bridgehead atoms. The molecule has 0 atom stereocenters. The van der Waals surface area contributed by atoms with Crippen LogP contribution in [0, 0.1) is 6.92 Å². The molecule has 26 heavy (non-hydrogen) atoms. The first-order chi connectivity index (χ1) is 12.7. The lowest BCUT2D eigenvalue weighted by Gasteiger charge is -2.13. The Morgan fingerprint density at radius 2 is 1.50 bits per heavy atom. The molecule has 0 fully saturated rings. The van der Waals surface area contributed by atoms with Crippen LogP contribution in [-0.2, 0) is 0 Å². The van der Waals surface area contributed by atoms with Crippen molar-refractivity contribution in [2.24, 2.45) is 0 Å². The van der Waals surface area contributed by atoms with Gasteiger partial charge in [-0.1, -0.05) is 18.2 Å². The molecular formula is C22H18N2O2. The second kappa shape index (κ2) is 5.36. The van der Waals surface area contributed by atoms with E-state index in [1.807, 2.05) is 18.2 Å². The summed E-state index contributed by atoms with van der Waals surface area (Å²) >= 11 is 0. The largest absolute Gasteiger partial charge is 0.493 e. The van der Waals surface area contributed by atoms with E-state index in [0.717, 1.165) is 38.8 Å². The first kappa shape index (κ1) is 15.0. The quantitative estimate of drug-likeness (QED) is 0.440. The number of ether oxygens (including phenoxy) is 2. The monoisotopic (exact) mass is 342 g/mol. The Morgan fingerprint density at radius 3 is 2.31 bits per heavy atom. The number of pyridine rings is 1. The van der Waals surface area contributed by atoms with Gasteiger partial charge in [0.2, 0.25) is 0 Å². The van der Waals surface area contributed by atoms with Gasteiger partial charge in [0.1, 0.15) is 0 Å². The third-order valence-corrected chi connectivity index (χ3v) is 5.11. The minimum atomic E-state index is 0.716. The number of aromatic nitrogens is 2. The Labute approximate surface area is 150 Å². The fraction of sp³-hybridized carbons (Fsp3) is 0.136. The van der Waals surface area contributed by atoms with Crippen LogP contribution in [0.4, 0.5) is 0 Å². The van der Waals surface area contributed by atoms with Crippen molar-refractivity contribution in [1.82, 2.24) is 9.97 Å². The number of aryl methyl sites for hydroxylation is 1. The summed E-state index contributed by atoms with van der Waals surface area (Å²) in [5, 5.41) is 5.82. The average Bonchev–Trinajstić information content (AvgIpc) is 3.03. The summed E-state index contributed by atoms with van der Waals surface area (Å²) in [6, 6.07) is 16.7. The Morgan fingerprint density at radius 1 is 0.731 bits per heavy atom. The van der Waals surface area contributed by atoms with E-state index in [-0.39, 0.29) is 0 Å². The molecule has 5 rings (SSSR count). The number of hydrogen-bond acceptors (Lipinski definition) is 3. The van der Waals surface area contributed by atoms with Crippen molar-refractivity contribution in [2.45, 2.75) is 6.92 Å². The second-order valence-corrected chi connectivity index (χ2v) is 6.55. The van der Waals surface area contributed by atoms with E-state index in [9.17, 15) is 0 Å². The number of H-pyrrole nitrogens is 1. The van der Waals surface area contributed by atoms with Crippen molar-refractivity contribution in [1.29, 1.82) is 0 Å². The van der Waals surface area contributed by atoms with Gasteiger partial charge in [0.25, 0.3) is 0 Å². The van der Waals surface area contributed by atoms with Crippen LogP contribution < -0.4 is 9.47 Å². The van der Waals surface area contributed by atoms with Gasteiger partial charge in [-0.15, -0.1) is 0 Å². The summed E-state index contributed by atoms with van der Waals surface area (Å²) < 4.78 is 11.0. The highest BCUT2D eigenvalue weighted by Gasteiger charge is 2.13. The smallest absolute Gasteiger partial charge is 0.162 e. The number of aromatic amines is 1. The number of benzene rings is 3. The molecule has 0 saturated carbocycles. The zero-order valence-corrected chi connectivity index (χ0v) is 14.9. The maximum atomic E-state index is 5.50. The Bertz CT molecular complexity index is 1320. The van der Waals surface area contributed by atoms with Gasteiger partial charge in [-0.25, -0.2) is 4.98 Å². The molecule has 128 valence electrons. The molecule has 0 saturated heterocycles. The first-order valence-corrected chi connectivity index (χ1v) is 8.56. The highest BCUT2D eigenvalue weighted by atomic mass is 16.5. The number of fused-ring (bicyclic) bond motifs is 6. The van der Waals surface area contributed by atoms with E-state index < -0.39 is 0 Å². The molecule has 3 aromatic carbocycles. The molecule has 0 unspecified atom stereocenters. The lowest BCUT2D eigenvalue weighted by atomic mass is 10.0. The van der Waals surface area contributed by atoms with Crippen molar-refractivity contribution >= 4 is 43.5 Å². The SMILES string of the molecule is COc1cc2[nH]c(C)c3cc4c(cc3c2cc1OC)nc1ccccc14. The lowest BCUT2D eigenvalue weighted by Crippen LogP contribution is -1.94. The number of methoxy groups -OCH3 is 2. The number of nitrogens with one attached hydrogen (secondary N) is 1. The first-order valence-electron chi connectivity index (χ1n) is 8.56. The summed E-state index contributed by atoms with van der Waals surface area (Å²) in [5.74, 6) is 1.44. The van der Waals surface area contributed by atoms with Gasteiger partial charge in [-0.05, 0) is 36.6 Å². The van der Waals surface area contributed by atoms with E-state index in [1.54, 1.807) is 14.2 Å². The molecule has 1 N–H and O–H groups in total. The summed E-state index contributed by atoms with van der Waals surface area (Å²) in [6.07, 6.45) is 0. The third kappa shape index (κ3) is 1.99. The van der Waals surface area contributed by atoms with E-state index in [2.05, 4.69) is 42.2 Å². The lowest BCUT2D eigenvalue weighted by molar-refractivity contribution is 0.356. The Balaban J connectivity index is 1.96. The van der Waals surface area contributed by atoms with Crippen LogP contribution >= 0.6 is 0 Å². The highest BCUT2D eigenvalue weighted by molar-refractivity contribution is 6.17. The topological polar surface area (TPSA) is 47.1 Å². The van der Waals surface area contributed by atoms with Gasteiger partial charge in [0.05, 0.1) is 30.8 Å². The van der Waals surface area contributed by atoms with Crippen molar-refractivity contribution in [2.75, 3.05) is 14.2 Å². The molecule has 0 aliphatic carbocycles. The average molecular weight is 342 g/mol. The van der Waals surface area contributed by atoms with Gasteiger partial charge in [0, 0.05) is 33.3 Å². The maximum Gasteiger partial charge on any atom is 0.162 e. The van der Waals surface area contributed by atoms with Gasteiger partial charge in [-0.3, -0.25) is 0 Å². The van der Waals surface area contributed by atoms with Gasteiger partial charge in [0.15, 0.2) is 11.5 Å². The van der Waals surface area contributed by atoms with Crippen molar-refractivity contribution < 1.29 is 9.47 Å². The number of hydrogen-bond donors (Lipinski definition) is 1. The number of para-hydroxylation sites is 1. The molecular weight excluding hydrogens is 324 g/mol. The van der Waals surface area contributed by atoms with Gasteiger partial charge >= 0.3 is 0 Å². The Kier molecular flexibility index (Phi) is 3.10. The molecule has 0 spiro atoms. The van der Waals surface area contributed by atoms with Crippen LogP contribution in [0.1, 0.15) is 5.69 Å². The minimum absolute atomic E-state index is 0.716. The van der Waals surface area contributed by atoms with Crippen LogP contribution in [-0.4, -0.2) is 24.2 Å². The molecule has 4 heteroatoms. The minimum Gasteiger partial charge on any atom is -0.493 e. The van der Waals surface area contributed by atoms with E-state index >= 15 is 0 Å². The molecule has 0 amide bonds. The van der Waals surface area contributed by atoms with Crippen molar-refractivity contribution in [3.8, 4) is 11.5 Å². The zero-order valence-electron chi connectivity index (χ0n) is 14.9. The second-order valence-electron chi connectivity index (χ2n) is 6.55. The summed E-state index contributed by atoms with van der Waals surface area (Å²) in [7, 11) is 3.31. The molecule has 2 heterocycles. The fourth-order valence-corrected chi connectivity index (χ4v) is 3.83. The summed E-state index contributed by atoms with van der Waals surface area (Å²) in [6.45, 7) is 2.10. The van der Waals surface area contributed by atoms with Crippen LogP contribution in [0.15, 0.2) is 48.5 Å². The van der Waals surface area contributed by atoms with Crippen molar-refractivity contribution in [3.63, 3.8) is 0 Å². The molecule has 0 aliphatic rings. The third-order valence-electron chi connectivity index (χ3n) is 5.11. The zero-order chi connectivity index (χ0) is 17.8. The van der Waals surface area contributed by atoms with Crippen LogP contribution in [0.25, 0.3) is 43.5 Å². The van der Waals surface area contributed by atoms with Crippen LogP contribution in [0.3, 0.4) is 0 Å². The molecule has 5 aromatic rings. The summed E-state index contributed by atoms with van der Waals surface area (Å²) in [5.41, 5.74) is 4.18. The Hall–Kier alpha value is -3.27. The van der Waals surface area contributed by atoms with E-state index in [4.69, 9.17) is 14.5 Å². The normalized spacial score (nSPS) is 11.7. The molecule has 4 nitrogen and oxygen atoms in total. The van der Waals surface area contributed by atoms with Gasteiger partial charge in [-0.2, -0.15) is 0 Å². The summed E-state index contributed by atoms with van der Waals surface area (Å²) in [4.78, 5) is 8.32. The number of rotatable bonds is 2. The molecule has 2 aromatic heterocycles. The predicted molar refractivity (Wildman–Crippen MR) is 106 cm³/mol. The predicted octanol–water partition coefficient (Wildman–Crippen LogP) is 5.35. The standard InChI is InChI=1S/C22H18N2O2/c1-12-14-8-16-13-6-4-5-7-18(13)24-19(16)9-15(14)17-10-21(25-2)22(26-3)11-20(17)23-12/h4-11,23H,1-3H3. The molecule has 0 radical (unpaired) electrons. The fourth-order valence-electron chi connectivity index (χ4n) is 3.83. The molecule has 0 aliphatic heterocycles. The number of nitrogens with zero attached hydrogens (tertiary/aromatic N) is 1. The van der Waals surface area contributed by atoms with E-state index in [1.165, 1.54) is 16.2 Å². The van der Waals surface area contributed by atoms with Crippen molar-refractivity contribution in [3.05, 3.63) is 54.2 Å². The van der Waals surface area contributed by atoms with E-state index in [0.29, 0.717) is 5.75 Å². The maximum absolute atomic E-state index is 5.50. The van der Waals surface area contributed by atoms with Crippen LogP contribution in [0.5, 0.6) is 11.5 Å². The highest BCUT2D eigenvalue weighted by Crippen LogP contribution is 2.38.